The molecule has 3 nitrogen and oxygen atoms in total. The highest BCUT2D eigenvalue weighted by molar-refractivity contribution is 9.10. The molecule has 0 bridgehead atoms. The summed E-state index contributed by atoms with van der Waals surface area (Å²) in [5.74, 6) is 0.719. The van der Waals surface area contributed by atoms with Crippen molar-refractivity contribution < 1.29 is 4.74 Å². The zero-order chi connectivity index (χ0) is 11.1. The second kappa shape index (κ2) is 6.80. The second-order valence-electron chi connectivity index (χ2n) is 3.37. The summed E-state index contributed by atoms with van der Waals surface area (Å²) in [5, 5.41) is 3.27. The monoisotopic (exact) mass is 272 g/mol. The lowest BCUT2D eigenvalue weighted by Gasteiger charge is -2.08. The van der Waals surface area contributed by atoms with Gasteiger partial charge in [0.1, 0.15) is 6.61 Å². The smallest absolute Gasteiger partial charge is 0.216 e. The molecule has 0 aliphatic heterocycles. The van der Waals surface area contributed by atoms with E-state index in [0.29, 0.717) is 6.61 Å². The lowest BCUT2D eigenvalue weighted by atomic mass is 10.3. The van der Waals surface area contributed by atoms with Crippen molar-refractivity contribution in [3.8, 4) is 5.88 Å². The third-order valence-corrected chi connectivity index (χ3v) is 2.37. The lowest BCUT2D eigenvalue weighted by Crippen LogP contribution is -2.21. The Morgan fingerprint density at radius 1 is 1.47 bits per heavy atom. The standard InChI is InChI=1S/C11H17BrN2O/c1-3-4-13-5-6-15-11-9(2)7-10(12)8-14-11/h7-8,13H,3-6H2,1-2H3. The average Bonchev–Trinajstić information content (AvgIpc) is 2.20. The van der Waals surface area contributed by atoms with E-state index in [2.05, 4.69) is 33.2 Å². The number of hydrogen-bond acceptors (Lipinski definition) is 3. The van der Waals surface area contributed by atoms with Crippen molar-refractivity contribution in [2.24, 2.45) is 0 Å². The molecule has 1 aromatic rings. The van der Waals surface area contributed by atoms with Gasteiger partial charge in [-0.25, -0.2) is 4.98 Å². The molecular formula is C11H17BrN2O. The fourth-order valence-electron chi connectivity index (χ4n) is 1.20. The SMILES string of the molecule is CCCNCCOc1ncc(Br)cc1C. The highest BCUT2D eigenvalue weighted by Gasteiger charge is 2.00. The number of aromatic nitrogens is 1. The molecule has 0 unspecified atom stereocenters. The van der Waals surface area contributed by atoms with Crippen LogP contribution in [0.4, 0.5) is 0 Å². The van der Waals surface area contributed by atoms with Gasteiger partial charge in [-0.3, -0.25) is 0 Å². The van der Waals surface area contributed by atoms with Crippen LogP contribution in [0.5, 0.6) is 5.88 Å². The number of nitrogens with one attached hydrogen (secondary N) is 1. The van der Waals surface area contributed by atoms with Gasteiger partial charge in [0.2, 0.25) is 5.88 Å². The number of aryl methyl sites for hydroxylation is 1. The summed E-state index contributed by atoms with van der Waals surface area (Å²) in [7, 11) is 0. The second-order valence-corrected chi connectivity index (χ2v) is 4.29. The molecule has 0 spiro atoms. The Balaban J connectivity index is 2.31. The fraction of sp³-hybridized carbons (Fsp3) is 0.545. The number of halogens is 1. The summed E-state index contributed by atoms with van der Waals surface area (Å²) < 4.78 is 6.53. The molecule has 0 amide bonds. The Morgan fingerprint density at radius 3 is 2.93 bits per heavy atom. The molecule has 0 saturated carbocycles. The predicted octanol–water partition coefficient (Wildman–Crippen LogP) is 2.53. The predicted molar refractivity (Wildman–Crippen MR) is 65.3 cm³/mol. The Morgan fingerprint density at radius 2 is 2.27 bits per heavy atom. The van der Waals surface area contributed by atoms with Crippen LogP contribution in [0.3, 0.4) is 0 Å². The lowest BCUT2D eigenvalue weighted by molar-refractivity contribution is 0.300. The van der Waals surface area contributed by atoms with Gasteiger partial charge < -0.3 is 10.1 Å². The molecule has 1 rings (SSSR count). The summed E-state index contributed by atoms with van der Waals surface area (Å²) in [6.45, 7) is 6.71. The molecule has 0 fully saturated rings. The normalized spacial score (nSPS) is 10.3. The average molecular weight is 273 g/mol. The topological polar surface area (TPSA) is 34.1 Å². The summed E-state index contributed by atoms with van der Waals surface area (Å²) in [4.78, 5) is 4.20. The van der Waals surface area contributed by atoms with Crippen LogP contribution in [0.2, 0.25) is 0 Å². The van der Waals surface area contributed by atoms with E-state index in [1.165, 1.54) is 0 Å². The van der Waals surface area contributed by atoms with E-state index in [-0.39, 0.29) is 0 Å². The first kappa shape index (κ1) is 12.5. The molecule has 84 valence electrons. The summed E-state index contributed by atoms with van der Waals surface area (Å²) >= 11 is 3.37. The van der Waals surface area contributed by atoms with E-state index in [9.17, 15) is 0 Å². The molecule has 0 atom stereocenters. The summed E-state index contributed by atoms with van der Waals surface area (Å²) in [6, 6.07) is 2.00. The van der Waals surface area contributed by atoms with Gasteiger partial charge in [-0.2, -0.15) is 0 Å². The van der Waals surface area contributed by atoms with Gasteiger partial charge in [0.15, 0.2) is 0 Å². The summed E-state index contributed by atoms with van der Waals surface area (Å²) in [6.07, 6.45) is 2.90. The fourth-order valence-corrected chi connectivity index (χ4v) is 1.65. The van der Waals surface area contributed by atoms with Crippen molar-refractivity contribution in [2.75, 3.05) is 19.7 Å². The van der Waals surface area contributed by atoms with Crippen LogP contribution in [-0.4, -0.2) is 24.7 Å². The van der Waals surface area contributed by atoms with Crippen LogP contribution in [-0.2, 0) is 0 Å². The largest absolute Gasteiger partial charge is 0.476 e. The highest BCUT2D eigenvalue weighted by atomic mass is 79.9. The van der Waals surface area contributed by atoms with E-state index in [0.717, 1.165) is 35.4 Å². The highest BCUT2D eigenvalue weighted by Crippen LogP contribution is 2.18. The number of pyridine rings is 1. The van der Waals surface area contributed by atoms with Crippen LogP contribution in [0, 0.1) is 6.92 Å². The van der Waals surface area contributed by atoms with Gasteiger partial charge in [-0.1, -0.05) is 6.92 Å². The van der Waals surface area contributed by atoms with Gasteiger partial charge >= 0.3 is 0 Å². The number of nitrogens with zero attached hydrogens (tertiary/aromatic N) is 1. The van der Waals surface area contributed by atoms with Crippen molar-refractivity contribution in [3.05, 3.63) is 22.3 Å². The van der Waals surface area contributed by atoms with E-state index < -0.39 is 0 Å². The Bertz CT molecular complexity index is 305. The zero-order valence-corrected chi connectivity index (χ0v) is 10.8. The van der Waals surface area contributed by atoms with Crippen LogP contribution >= 0.6 is 15.9 Å². The van der Waals surface area contributed by atoms with Gasteiger partial charge in [0.25, 0.3) is 0 Å². The molecule has 0 aromatic carbocycles. The van der Waals surface area contributed by atoms with E-state index in [1.54, 1.807) is 6.20 Å². The minimum atomic E-state index is 0.662. The maximum atomic E-state index is 5.54. The number of hydrogen-bond donors (Lipinski definition) is 1. The van der Waals surface area contributed by atoms with Crippen molar-refractivity contribution in [1.82, 2.24) is 10.3 Å². The first-order valence-electron chi connectivity index (χ1n) is 5.19. The first-order valence-corrected chi connectivity index (χ1v) is 5.99. The molecule has 1 N–H and O–H groups in total. The molecule has 4 heteroatoms. The van der Waals surface area contributed by atoms with E-state index in [4.69, 9.17) is 4.74 Å². The van der Waals surface area contributed by atoms with Crippen molar-refractivity contribution in [3.63, 3.8) is 0 Å². The van der Waals surface area contributed by atoms with E-state index in [1.807, 2.05) is 13.0 Å². The van der Waals surface area contributed by atoms with Gasteiger partial charge in [0, 0.05) is 22.8 Å². The first-order chi connectivity index (χ1) is 7.24. The minimum absolute atomic E-state index is 0.662. The van der Waals surface area contributed by atoms with Crippen molar-refractivity contribution in [1.29, 1.82) is 0 Å². The third kappa shape index (κ3) is 4.62. The van der Waals surface area contributed by atoms with Crippen LogP contribution in [0.25, 0.3) is 0 Å². The molecular weight excluding hydrogens is 256 g/mol. The minimum Gasteiger partial charge on any atom is -0.476 e. The zero-order valence-electron chi connectivity index (χ0n) is 9.22. The quantitative estimate of drug-likeness (QED) is 0.809. The maximum absolute atomic E-state index is 5.54. The Labute approximate surface area is 99.4 Å². The molecule has 1 heterocycles. The van der Waals surface area contributed by atoms with Crippen LogP contribution < -0.4 is 10.1 Å². The Kier molecular flexibility index (Phi) is 5.65. The number of rotatable bonds is 6. The molecule has 0 radical (unpaired) electrons. The van der Waals surface area contributed by atoms with Gasteiger partial charge in [-0.15, -0.1) is 0 Å². The number of ether oxygens (including phenoxy) is 1. The maximum Gasteiger partial charge on any atom is 0.216 e. The summed E-state index contributed by atoms with van der Waals surface area (Å²) in [5.41, 5.74) is 1.06. The van der Waals surface area contributed by atoms with Gasteiger partial charge in [-0.05, 0) is 41.9 Å². The molecule has 0 saturated heterocycles. The molecule has 1 aromatic heterocycles. The molecule has 0 aliphatic rings. The van der Waals surface area contributed by atoms with Gasteiger partial charge in [0.05, 0.1) is 0 Å². The molecule has 0 aliphatic carbocycles. The Hall–Kier alpha value is -0.610. The van der Waals surface area contributed by atoms with Crippen molar-refractivity contribution in [2.45, 2.75) is 20.3 Å². The van der Waals surface area contributed by atoms with Crippen LogP contribution in [0.1, 0.15) is 18.9 Å². The van der Waals surface area contributed by atoms with Crippen LogP contribution in [0.15, 0.2) is 16.7 Å². The third-order valence-electron chi connectivity index (χ3n) is 1.94. The molecule has 15 heavy (non-hydrogen) atoms. The van der Waals surface area contributed by atoms with E-state index >= 15 is 0 Å². The van der Waals surface area contributed by atoms with Crippen molar-refractivity contribution >= 4 is 15.9 Å².